The number of hydrogen-bond acceptors (Lipinski definition) is 5. The maximum atomic E-state index is 11.7. The molecule has 1 rings (SSSR count). The van der Waals surface area contributed by atoms with Crippen molar-refractivity contribution in [3.05, 3.63) is 34.9 Å². The van der Waals surface area contributed by atoms with E-state index in [1.165, 1.54) is 6.07 Å². The minimum Gasteiger partial charge on any atom is -0.377 e. The van der Waals surface area contributed by atoms with Gasteiger partial charge in [-0.25, -0.2) is 0 Å². The van der Waals surface area contributed by atoms with Crippen LogP contribution in [0.4, 0.5) is 0 Å². The number of carbonyl (C=O) groups excluding carboxylic acids is 2. The van der Waals surface area contributed by atoms with E-state index in [4.69, 9.17) is 23.2 Å². The van der Waals surface area contributed by atoms with Crippen LogP contribution in [0.25, 0.3) is 0 Å². The number of nitrogens with two attached hydrogens (primary N) is 2. The van der Waals surface area contributed by atoms with Crippen LogP contribution in [0.5, 0.6) is 0 Å². The Morgan fingerprint density at radius 3 is 2.67 bits per heavy atom. The Morgan fingerprint density at radius 1 is 1.39 bits per heavy atom. The number of nitrogens with zero attached hydrogens (tertiary/aromatic N) is 1. The highest BCUT2D eigenvalue weighted by Crippen LogP contribution is 2.14. The molecule has 0 unspecified atom stereocenters. The lowest BCUT2D eigenvalue weighted by Gasteiger charge is -2.05. The number of benzene rings is 1. The highest BCUT2D eigenvalue weighted by atomic mass is 35.5. The minimum atomic E-state index is -0.561. The van der Waals surface area contributed by atoms with Crippen LogP contribution in [0.2, 0.25) is 5.02 Å². The Hall–Kier alpha value is -1.73. The number of amides is 2. The molecule has 18 heavy (non-hydrogen) atoms. The summed E-state index contributed by atoms with van der Waals surface area (Å²) in [5, 5.41) is 5.71. The average Bonchev–Trinajstić information content (AvgIpc) is 2.36. The maximum Gasteiger partial charge on any atom is 0.259 e. The zero-order valence-electron chi connectivity index (χ0n) is 9.22. The first-order chi connectivity index (χ1) is 8.54. The van der Waals surface area contributed by atoms with Crippen LogP contribution in [0.15, 0.2) is 29.4 Å². The number of carbonyl (C=O) groups is 2. The maximum absolute atomic E-state index is 11.7. The fourth-order valence-corrected chi connectivity index (χ4v) is 1.70. The first-order valence-corrected chi connectivity index (χ1v) is 6.15. The number of thioether (sulfide) groups is 1. The Kier molecular flexibility index (Phi) is 5.47. The third-order valence-corrected chi connectivity index (χ3v) is 2.99. The summed E-state index contributed by atoms with van der Waals surface area (Å²) in [6.45, 7) is 0. The zero-order chi connectivity index (χ0) is 13.5. The largest absolute Gasteiger partial charge is 0.377 e. The smallest absolute Gasteiger partial charge is 0.259 e. The predicted molar refractivity (Wildman–Crippen MR) is 72.2 cm³/mol. The summed E-state index contributed by atoms with van der Waals surface area (Å²) in [7, 11) is 0. The summed E-state index contributed by atoms with van der Waals surface area (Å²) in [6.07, 6.45) is 0. The van der Waals surface area contributed by atoms with Crippen molar-refractivity contribution >= 4 is 40.3 Å². The van der Waals surface area contributed by atoms with Crippen molar-refractivity contribution in [2.75, 3.05) is 5.75 Å². The number of rotatable bonds is 3. The van der Waals surface area contributed by atoms with Gasteiger partial charge in [0.25, 0.3) is 5.91 Å². The molecule has 0 aromatic heterocycles. The summed E-state index contributed by atoms with van der Waals surface area (Å²) >= 11 is 6.75. The topological polar surface area (TPSA) is 111 Å². The van der Waals surface area contributed by atoms with E-state index in [9.17, 15) is 9.59 Å². The van der Waals surface area contributed by atoms with Crippen molar-refractivity contribution in [2.24, 2.45) is 16.7 Å². The molecular weight excluding hydrogens is 276 g/mol. The lowest BCUT2D eigenvalue weighted by atomic mass is 10.2. The molecule has 0 spiro atoms. The first-order valence-electron chi connectivity index (χ1n) is 4.79. The summed E-state index contributed by atoms with van der Waals surface area (Å²) in [6, 6.07) is 6.43. The van der Waals surface area contributed by atoms with Crippen LogP contribution in [0.1, 0.15) is 10.4 Å². The van der Waals surface area contributed by atoms with Gasteiger partial charge in [-0.1, -0.05) is 35.5 Å². The van der Waals surface area contributed by atoms with Crippen molar-refractivity contribution in [1.29, 1.82) is 0 Å². The normalized spacial score (nSPS) is 11.1. The van der Waals surface area contributed by atoms with Gasteiger partial charge in [-0.3, -0.25) is 14.9 Å². The molecule has 96 valence electrons. The molecule has 2 amide bonds. The average molecular weight is 287 g/mol. The van der Waals surface area contributed by atoms with Crippen molar-refractivity contribution in [1.82, 2.24) is 5.32 Å². The molecule has 0 saturated heterocycles. The van der Waals surface area contributed by atoms with Crippen molar-refractivity contribution in [3.63, 3.8) is 0 Å². The second-order valence-corrected chi connectivity index (χ2v) is 4.52. The SMILES string of the molecule is NN=C(N)SCC(=O)NC(=O)c1ccccc1Cl. The van der Waals surface area contributed by atoms with Gasteiger partial charge < -0.3 is 11.6 Å². The van der Waals surface area contributed by atoms with Crippen LogP contribution in [0.3, 0.4) is 0 Å². The van der Waals surface area contributed by atoms with Crippen molar-refractivity contribution in [2.45, 2.75) is 0 Å². The molecule has 0 aliphatic carbocycles. The molecule has 0 aliphatic rings. The summed E-state index contributed by atoms with van der Waals surface area (Å²) in [5.74, 6) is 3.78. The number of hydrazone groups is 1. The fraction of sp³-hybridized carbons (Fsp3) is 0.100. The van der Waals surface area contributed by atoms with Gasteiger partial charge in [-0.05, 0) is 12.1 Å². The molecule has 0 radical (unpaired) electrons. The van der Waals surface area contributed by atoms with Gasteiger partial charge in [0.1, 0.15) is 0 Å². The molecule has 0 aliphatic heterocycles. The second-order valence-electron chi connectivity index (χ2n) is 3.11. The molecule has 1 aromatic rings. The van der Waals surface area contributed by atoms with E-state index in [2.05, 4.69) is 10.4 Å². The van der Waals surface area contributed by atoms with E-state index in [0.717, 1.165) is 11.8 Å². The van der Waals surface area contributed by atoms with E-state index in [-0.39, 0.29) is 21.5 Å². The van der Waals surface area contributed by atoms with Crippen LogP contribution < -0.4 is 16.9 Å². The summed E-state index contributed by atoms with van der Waals surface area (Å²) in [5.41, 5.74) is 5.52. The monoisotopic (exact) mass is 286 g/mol. The van der Waals surface area contributed by atoms with Gasteiger partial charge >= 0.3 is 0 Å². The van der Waals surface area contributed by atoms with Crippen molar-refractivity contribution < 1.29 is 9.59 Å². The quantitative estimate of drug-likeness (QED) is 0.325. The Bertz CT molecular complexity index is 493. The van der Waals surface area contributed by atoms with Crippen molar-refractivity contribution in [3.8, 4) is 0 Å². The zero-order valence-corrected chi connectivity index (χ0v) is 10.8. The van der Waals surface area contributed by atoms with Gasteiger partial charge in [0.15, 0.2) is 5.17 Å². The van der Waals surface area contributed by atoms with Gasteiger partial charge in [0, 0.05) is 0 Å². The standard InChI is InChI=1S/C10H11ClN4O2S/c11-7-4-2-1-3-6(7)9(17)14-8(16)5-18-10(12)15-13/h1-4H,5,13H2,(H2,12,15)(H,14,16,17). The fourth-order valence-electron chi connectivity index (χ4n) is 1.05. The molecule has 0 saturated carbocycles. The number of imide groups is 1. The van der Waals surface area contributed by atoms with E-state index >= 15 is 0 Å². The van der Waals surface area contributed by atoms with E-state index in [1.807, 2.05) is 0 Å². The van der Waals surface area contributed by atoms with Gasteiger partial charge in [-0.2, -0.15) is 5.10 Å². The van der Waals surface area contributed by atoms with Crippen LogP contribution in [-0.2, 0) is 4.79 Å². The number of nitrogens with one attached hydrogen (secondary N) is 1. The lowest BCUT2D eigenvalue weighted by Crippen LogP contribution is -2.32. The highest BCUT2D eigenvalue weighted by Gasteiger charge is 2.13. The Labute approximate surface area is 113 Å². The third-order valence-electron chi connectivity index (χ3n) is 1.85. The predicted octanol–water partition coefficient (Wildman–Crippen LogP) is 0.518. The van der Waals surface area contributed by atoms with E-state index in [0.29, 0.717) is 0 Å². The third kappa shape index (κ3) is 4.27. The summed E-state index contributed by atoms with van der Waals surface area (Å²) in [4.78, 5) is 23.1. The van der Waals surface area contributed by atoms with Crippen LogP contribution in [0, 0.1) is 0 Å². The van der Waals surface area contributed by atoms with Crippen LogP contribution >= 0.6 is 23.4 Å². The number of hydrogen-bond donors (Lipinski definition) is 3. The molecule has 1 aromatic carbocycles. The molecule has 0 atom stereocenters. The van der Waals surface area contributed by atoms with Gasteiger partial charge in [0.05, 0.1) is 16.3 Å². The summed E-state index contributed by atoms with van der Waals surface area (Å²) < 4.78 is 0. The second kappa shape index (κ2) is 6.87. The van der Waals surface area contributed by atoms with Gasteiger partial charge in [0.2, 0.25) is 5.91 Å². The molecule has 0 bridgehead atoms. The molecule has 8 heteroatoms. The molecule has 6 nitrogen and oxygen atoms in total. The lowest BCUT2D eigenvalue weighted by molar-refractivity contribution is -0.117. The van der Waals surface area contributed by atoms with E-state index < -0.39 is 11.8 Å². The molecule has 0 heterocycles. The number of amidine groups is 1. The molecule has 0 fully saturated rings. The number of halogens is 1. The Morgan fingerprint density at radius 2 is 2.06 bits per heavy atom. The first kappa shape index (κ1) is 14.3. The van der Waals surface area contributed by atoms with Gasteiger partial charge in [-0.15, -0.1) is 0 Å². The minimum absolute atomic E-state index is 0.0529. The molecule has 5 N–H and O–H groups in total. The Balaban J connectivity index is 2.55. The highest BCUT2D eigenvalue weighted by molar-refractivity contribution is 8.14. The van der Waals surface area contributed by atoms with Crippen LogP contribution in [-0.4, -0.2) is 22.7 Å². The van der Waals surface area contributed by atoms with E-state index in [1.54, 1.807) is 18.2 Å². The molecular formula is C10H11ClN4O2S.